The number of ether oxygens (including phenoxy) is 1. The first-order valence-electron chi connectivity index (χ1n) is 6.46. The largest absolute Gasteiger partial charge is 0.479 e. The van der Waals surface area contributed by atoms with Gasteiger partial charge in [0, 0.05) is 0 Å². The fourth-order valence-electron chi connectivity index (χ4n) is 2.32. The number of rotatable bonds is 4. The van der Waals surface area contributed by atoms with Gasteiger partial charge in [-0.05, 0) is 45.4 Å². The van der Waals surface area contributed by atoms with E-state index in [-0.39, 0.29) is 0 Å². The highest BCUT2D eigenvalue weighted by molar-refractivity contribution is 5.77. The van der Waals surface area contributed by atoms with Crippen LogP contribution in [-0.2, 0) is 9.53 Å². The third kappa shape index (κ3) is 3.68. The van der Waals surface area contributed by atoms with Crippen LogP contribution in [0.5, 0.6) is 0 Å². The van der Waals surface area contributed by atoms with E-state index in [1.807, 2.05) is 0 Å². The van der Waals surface area contributed by atoms with Gasteiger partial charge in [-0.15, -0.1) is 0 Å². The number of carbonyl (C=O) groups is 1. The van der Waals surface area contributed by atoms with Gasteiger partial charge in [-0.3, -0.25) is 0 Å². The van der Waals surface area contributed by atoms with Gasteiger partial charge in [0.2, 0.25) is 0 Å². The Kier molecular flexibility index (Phi) is 4.95. The van der Waals surface area contributed by atoms with Gasteiger partial charge in [-0.2, -0.15) is 0 Å². The van der Waals surface area contributed by atoms with Crippen molar-refractivity contribution in [2.45, 2.75) is 70.7 Å². The van der Waals surface area contributed by atoms with Gasteiger partial charge in [-0.1, -0.05) is 13.3 Å². The number of aliphatic carboxylic acids is 1. The third-order valence-electron chi connectivity index (χ3n) is 3.80. The normalized spacial score (nSPS) is 33.8. The Labute approximate surface area is 103 Å². The highest BCUT2D eigenvalue weighted by Gasteiger charge is 2.42. The van der Waals surface area contributed by atoms with Crippen molar-refractivity contribution in [3.8, 4) is 0 Å². The first kappa shape index (κ1) is 14.5. The number of hydrogen-bond acceptors (Lipinski definition) is 3. The van der Waals surface area contributed by atoms with Gasteiger partial charge >= 0.3 is 5.97 Å². The molecular formula is C13H24O4. The first-order chi connectivity index (χ1) is 7.87. The van der Waals surface area contributed by atoms with E-state index in [4.69, 9.17) is 4.74 Å². The minimum absolute atomic E-state index is 0.445. The summed E-state index contributed by atoms with van der Waals surface area (Å²) in [5.41, 5.74) is -1.10. The summed E-state index contributed by atoms with van der Waals surface area (Å²) in [5, 5.41) is 18.9. The van der Waals surface area contributed by atoms with Crippen molar-refractivity contribution in [2.75, 3.05) is 0 Å². The second-order valence-corrected chi connectivity index (χ2v) is 5.40. The highest BCUT2D eigenvalue weighted by Crippen LogP contribution is 2.34. The van der Waals surface area contributed by atoms with Crippen LogP contribution < -0.4 is 0 Å². The smallest absolute Gasteiger partial charge is 0.335 e. The van der Waals surface area contributed by atoms with Crippen LogP contribution in [0.4, 0.5) is 0 Å². The lowest BCUT2D eigenvalue weighted by Crippen LogP contribution is -2.45. The third-order valence-corrected chi connectivity index (χ3v) is 3.80. The topological polar surface area (TPSA) is 66.8 Å². The van der Waals surface area contributed by atoms with Crippen molar-refractivity contribution in [3.63, 3.8) is 0 Å². The SMILES string of the molecule is CC1CCCC(OC(C)C(C)O)(C(=O)O)CC1. The average molecular weight is 244 g/mol. The summed E-state index contributed by atoms with van der Waals surface area (Å²) in [5.74, 6) is -0.333. The molecule has 4 nitrogen and oxygen atoms in total. The van der Waals surface area contributed by atoms with Crippen molar-refractivity contribution >= 4 is 5.97 Å². The summed E-state index contributed by atoms with van der Waals surface area (Å²) in [6.45, 7) is 5.50. The monoisotopic (exact) mass is 244 g/mol. The molecule has 1 fully saturated rings. The molecule has 100 valence electrons. The van der Waals surface area contributed by atoms with Crippen molar-refractivity contribution in [1.82, 2.24) is 0 Å². The molecule has 0 saturated heterocycles. The molecule has 0 aromatic carbocycles. The number of hydrogen-bond donors (Lipinski definition) is 2. The molecular weight excluding hydrogens is 220 g/mol. The summed E-state index contributed by atoms with van der Waals surface area (Å²) in [6.07, 6.45) is 2.80. The molecule has 4 atom stereocenters. The van der Waals surface area contributed by atoms with Crippen LogP contribution in [0.2, 0.25) is 0 Å². The molecule has 0 aromatic heterocycles. The molecule has 1 aliphatic carbocycles. The summed E-state index contributed by atoms with van der Waals surface area (Å²) >= 11 is 0. The van der Waals surface area contributed by atoms with Gasteiger partial charge in [0.15, 0.2) is 5.60 Å². The van der Waals surface area contributed by atoms with Crippen molar-refractivity contribution in [1.29, 1.82) is 0 Å². The maximum Gasteiger partial charge on any atom is 0.335 e. The molecule has 0 aromatic rings. The van der Waals surface area contributed by atoms with Crippen LogP contribution >= 0.6 is 0 Å². The van der Waals surface area contributed by atoms with Crippen LogP contribution in [0.3, 0.4) is 0 Å². The van der Waals surface area contributed by atoms with Gasteiger partial charge in [0.1, 0.15) is 0 Å². The summed E-state index contributed by atoms with van der Waals surface area (Å²) in [6, 6.07) is 0. The van der Waals surface area contributed by atoms with E-state index in [1.165, 1.54) is 0 Å². The molecule has 4 unspecified atom stereocenters. The summed E-state index contributed by atoms with van der Waals surface area (Å²) in [7, 11) is 0. The Morgan fingerprint density at radius 2 is 2.00 bits per heavy atom. The molecule has 1 aliphatic rings. The van der Waals surface area contributed by atoms with Crippen LogP contribution in [0.15, 0.2) is 0 Å². The molecule has 1 rings (SSSR count). The predicted octanol–water partition coefficient (Wildman–Crippen LogP) is 2.20. The van der Waals surface area contributed by atoms with Crippen molar-refractivity contribution in [2.24, 2.45) is 5.92 Å². The standard InChI is InChI=1S/C13H24O4/c1-9-5-4-7-13(8-6-9,12(15)16)17-11(3)10(2)14/h9-11,14H,4-8H2,1-3H3,(H,15,16). The Morgan fingerprint density at radius 1 is 1.35 bits per heavy atom. The quantitative estimate of drug-likeness (QED) is 0.744. The highest BCUT2D eigenvalue weighted by atomic mass is 16.5. The molecule has 0 radical (unpaired) electrons. The number of carboxylic acids is 1. The Bertz CT molecular complexity index is 264. The molecule has 0 bridgehead atoms. The molecule has 17 heavy (non-hydrogen) atoms. The van der Waals surface area contributed by atoms with E-state index in [2.05, 4.69) is 6.92 Å². The molecule has 0 amide bonds. The van der Waals surface area contributed by atoms with Crippen LogP contribution in [0, 0.1) is 5.92 Å². The van der Waals surface area contributed by atoms with Gasteiger partial charge in [-0.25, -0.2) is 4.79 Å². The summed E-state index contributed by atoms with van der Waals surface area (Å²) in [4.78, 5) is 11.5. The fraction of sp³-hybridized carbons (Fsp3) is 0.923. The van der Waals surface area contributed by atoms with E-state index in [0.29, 0.717) is 18.8 Å². The van der Waals surface area contributed by atoms with Gasteiger partial charge < -0.3 is 14.9 Å². The van der Waals surface area contributed by atoms with E-state index in [9.17, 15) is 15.0 Å². The Hall–Kier alpha value is -0.610. The van der Waals surface area contributed by atoms with E-state index in [1.54, 1.807) is 13.8 Å². The van der Waals surface area contributed by atoms with Crippen molar-refractivity contribution < 1.29 is 19.7 Å². The van der Waals surface area contributed by atoms with Crippen molar-refractivity contribution in [3.05, 3.63) is 0 Å². The van der Waals surface area contributed by atoms with E-state index in [0.717, 1.165) is 19.3 Å². The predicted molar refractivity (Wildman–Crippen MR) is 64.8 cm³/mol. The van der Waals surface area contributed by atoms with Crippen LogP contribution in [-0.4, -0.2) is 34.0 Å². The molecule has 0 heterocycles. The maximum absolute atomic E-state index is 11.5. The zero-order valence-corrected chi connectivity index (χ0v) is 11.0. The van der Waals surface area contributed by atoms with Crippen LogP contribution in [0.25, 0.3) is 0 Å². The fourth-order valence-corrected chi connectivity index (χ4v) is 2.32. The lowest BCUT2D eigenvalue weighted by atomic mass is 9.93. The number of aliphatic hydroxyl groups excluding tert-OH is 1. The lowest BCUT2D eigenvalue weighted by Gasteiger charge is -2.32. The minimum Gasteiger partial charge on any atom is -0.479 e. The number of carboxylic acid groups (broad SMARTS) is 1. The Balaban J connectivity index is 2.78. The van der Waals surface area contributed by atoms with E-state index < -0.39 is 23.8 Å². The molecule has 0 spiro atoms. The van der Waals surface area contributed by atoms with Gasteiger partial charge in [0.05, 0.1) is 12.2 Å². The first-order valence-corrected chi connectivity index (χ1v) is 6.46. The maximum atomic E-state index is 11.5. The minimum atomic E-state index is -1.10. The number of aliphatic hydroxyl groups is 1. The summed E-state index contributed by atoms with van der Waals surface area (Å²) < 4.78 is 5.68. The van der Waals surface area contributed by atoms with E-state index >= 15 is 0 Å². The van der Waals surface area contributed by atoms with Crippen LogP contribution in [0.1, 0.15) is 52.9 Å². The van der Waals surface area contributed by atoms with Gasteiger partial charge in [0.25, 0.3) is 0 Å². The molecule has 0 aliphatic heterocycles. The zero-order valence-electron chi connectivity index (χ0n) is 11.0. The second kappa shape index (κ2) is 5.83. The average Bonchev–Trinajstić information content (AvgIpc) is 2.42. The lowest BCUT2D eigenvalue weighted by molar-refractivity contribution is -0.182. The Morgan fingerprint density at radius 3 is 2.53 bits per heavy atom. The zero-order chi connectivity index (χ0) is 13.1. The second-order valence-electron chi connectivity index (χ2n) is 5.40. The molecule has 1 saturated carbocycles. The molecule has 2 N–H and O–H groups in total. The molecule has 4 heteroatoms.